The molecule has 1 unspecified atom stereocenters. The minimum atomic E-state index is -3.50. The number of sulfone groups is 1. The predicted molar refractivity (Wildman–Crippen MR) is 104 cm³/mol. The quantitative estimate of drug-likeness (QED) is 0.634. The van der Waals surface area contributed by atoms with E-state index in [9.17, 15) is 22.8 Å². The van der Waals surface area contributed by atoms with Gasteiger partial charge in [0.05, 0.1) is 34.4 Å². The van der Waals surface area contributed by atoms with Gasteiger partial charge in [-0.15, -0.1) is 0 Å². The Hall–Kier alpha value is -2.88. The minimum Gasteiger partial charge on any atom is -0.463 e. The number of carbonyl (C=O) groups is 3. The number of carbonyl (C=O) groups excluding carboxylic acids is 3. The lowest BCUT2D eigenvalue weighted by atomic mass is 10.0. The molecule has 0 fully saturated rings. The molecule has 0 radical (unpaired) electrons. The van der Waals surface area contributed by atoms with Gasteiger partial charge in [-0.1, -0.05) is 13.0 Å². The van der Waals surface area contributed by atoms with Crippen molar-refractivity contribution < 1.29 is 32.3 Å². The molecule has 10 heteroatoms. The first-order valence-electron chi connectivity index (χ1n) is 9.04. The molecule has 9 nitrogen and oxygen atoms in total. The molecular weight excluding hydrogens is 400 g/mol. The van der Waals surface area contributed by atoms with E-state index in [1.807, 2.05) is 0 Å². The maximum absolute atomic E-state index is 12.5. The third-order valence-electron chi connectivity index (χ3n) is 4.35. The number of ether oxygens (including phenoxy) is 2. The van der Waals surface area contributed by atoms with E-state index in [1.54, 1.807) is 20.8 Å². The largest absolute Gasteiger partial charge is 0.463 e. The molecule has 158 valence electrons. The second-order valence-corrected chi connectivity index (χ2v) is 8.51. The highest BCUT2D eigenvalue weighted by Crippen LogP contribution is 2.20. The Bertz CT molecular complexity index is 967. The van der Waals surface area contributed by atoms with E-state index in [2.05, 4.69) is 10.6 Å². The summed E-state index contributed by atoms with van der Waals surface area (Å²) in [6.45, 7) is 4.87. The number of rotatable bonds is 7. The SMILES string of the molecule is CCOC(=O)C1=C(COC(=O)c2cc(S(C)(=O)=O)ccc2C)NC(=O)NC1CC. The fraction of sp³-hybridized carbons (Fsp3) is 0.421. The Morgan fingerprint density at radius 2 is 1.83 bits per heavy atom. The van der Waals surface area contributed by atoms with Crippen molar-refractivity contribution >= 4 is 27.8 Å². The van der Waals surface area contributed by atoms with Crippen molar-refractivity contribution in [1.82, 2.24) is 10.6 Å². The van der Waals surface area contributed by atoms with Crippen LogP contribution in [0.4, 0.5) is 4.79 Å². The van der Waals surface area contributed by atoms with Crippen LogP contribution in [0.3, 0.4) is 0 Å². The lowest BCUT2D eigenvalue weighted by molar-refractivity contribution is -0.139. The third kappa shape index (κ3) is 5.35. The van der Waals surface area contributed by atoms with Crippen molar-refractivity contribution in [3.8, 4) is 0 Å². The zero-order valence-corrected chi connectivity index (χ0v) is 17.5. The lowest BCUT2D eigenvalue weighted by Crippen LogP contribution is -2.51. The summed E-state index contributed by atoms with van der Waals surface area (Å²) in [5.74, 6) is -1.39. The van der Waals surface area contributed by atoms with Crippen LogP contribution >= 0.6 is 0 Å². The fourth-order valence-corrected chi connectivity index (χ4v) is 3.49. The molecule has 0 saturated carbocycles. The number of aryl methyl sites for hydroxylation is 1. The Morgan fingerprint density at radius 3 is 2.41 bits per heavy atom. The maximum Gasteiger partial charge on any atom is 0.338 e. The summed E-state index contributed by atoms with van der Waals surface area (Å²) in [5, 5.41) is 5.10. The molecule has 0 spiro atoms. The van der Waals surface area contributed by atoms with Gasteiger partial charge >= 0.3 is 18.0 Å². The Morgan fingerprint density at radius 1 is 1.14 bits per heavy atom. The van der Waals surface area contributed by atoms with E-state index in [-0.39, 0.29) is 34.9 Å². The van der Waals surface area contributed by atoms with E-state index in [0.29, 0.717) is 12.0 Å². The summed E-state index contributed by atoms with van der Waals surface area (Å²) in [6, 6.07) is 3.05. The van der Waals surface area contributed by atoms with Crippen molar-refractivity contribution in [3.63, 3.8) is 0 Å². The van der Waals surface area contributed by atoms with Crippen LogP contribution in [0.1, 0.15) is 36.2 Å². The van der Waals surface area contributed by atoms with E-state index in [4.69, 9.17) is 9.47 Å². The van der Waals surface area contributed by atoms with Gasteiger partial charge < -0.3 is 20.1 Å². The zero-order valence-electron chi connectivity index (χ0n) is 16.7. The molecule has 0 aliphatic carbocycles. The molecule has 1 aromatic carbocycles. The van der Waals surface area contributed by atoms with Crippen LogP contribution < -0.4 is 10.6 Å². The third-order valence-corrected chi connectivity index (χ3v) is 5.46. The monoisotopic (exact) mass is 424 g/mol. The Kier molecular flexibility index (Phi) is 7.02. The summed E-state index contributed by atoms with van der Waals surface area (Å²) in [4.78, 5) is 36.7. The lowest BCUT2D eigenvalue weighted by Gasteiger charge is -2.28. The number of hydrogen-bond acceptors (Lipinski definition) is 7. The molecule has 1 aromatic rings. The molecule has 1 aliphatic rings. The molecule has 29 heavy (non-hydrogen) atoms. The van der Waals surface area contributed by atoms with Gasteiger partial charge in [-0.05, 0) is 38.0 Å². The number of urea groups is 1. The van der Waals surface area contributed by atoms with Crippen molar-refractivity contribution in [1.29, 1.82) is 0 Å². The summed E-state index contributed by atoms with van der Waals surface area (Å²) in [7, 11) is -3.50. The van der Waals surface area contributed by atoms with Gasteiger partial charge in [-0.2, -0.15) is 0 Å². The highest BCUT2D eigenvalue weighted by molar-refractivity contribution is 7.90. The van der Waals surface area contributed by atoms with Crippen molar-refractivity contribution in [2.75, 3.05) is 19.5 Å². The van der Waals surface area contributed by atoms with Crippen molar-refractivity contribution in [2.45, 2.75) is 38.1 Å². The molecule has 1 atom stereocenters. The van der Waals surface area contributed by atoms with E-state index >= 15 is 0 Å². The maximum atomic E-state index is 12.5. The van der Waals surface area contributed by atoms with Gasteiger partial charge in [0.2, 0.25) is 0 Å². The Balaban J connectivity index is 2.31. The van der Waals surface area contributed by atoms with Gasteiger partial charge in [0.25, 0.3) is 0 Å². The molecule has 0 aromatic heterocycles. The molecular formula is C19H24N2O7S. The van der Waals surface area contributed by atoms with Crippen LogP contribution in [0.15, 0.2) is 34.4 Å². The smallest absolute Gasteiger partial charge is 0.338 e. The van der Waals surface area contributed by atoms with Crippen molar-refractivity contribution in [3.05, 3.63) is 40.6 Å². The zero-order chi connectivity index (χ0) is 21.8. The number of benzene rings is 1. The number of nitrogens with one attached hydrogen (secondary N) is 2. The number of esters is 2. The molecule has 2 amide bonds. The highest BCUT2D eigenvalue weighted by Gasteiger charge is 2.32. The second kappa shape index (κ2) is 9.08. The first-order valence-corrected chi connectivity index (χ1v) is 10.9. The molecule has 2 rings (SSSR count). The molecule has 0 bridgehead atoms. The number of hydrogen-bond donors (Lipinski definition) is 2. The van der Waals surface area contributed by atoms with Gasteiger partial charge in [0.1, 0.15) is 6.61 Å². The van der Waals surface area contributed by atoms with Gasteiger partial charge in [0, 0.05) is 6.26 Å². The molecule has 2 N–H and O–H groups in total. The van der Waals surface area contributed by atoms with Crippen molar-refractivity contribution in [2.24, 2.45) is 0 Å². The summed E-state index contributed by atoms with van der Waals surface area (Å²) < 4.78 is 33.8. The van der Waals surface area contributed by atoms with E-state index in [0.717, 1.165) is 6.26 Å². The van der Waals surface area contributed by atoms with E-state index < -0.39 is 33.8 Å². The average molecular weight is 424 g/mol. The second-order valence-electron chi connectivity index (χ2n) is 6.50. The predicted octanol–water partition coefficient (Wildman–Crippen LogP) is 1.46. The molecule has 1 aliphatic heterocycles. The van der Waals surface area contributed by atoms with Crippen LogP contribution in [0.2, 0.25) is 0 Å². The van der Waals surface area contributed by atoms with Gasteiger partial charge in [0.15, 0.2) is 9.84 Å². The van der Waals surface area contributed by atoms with Crippen LogP contribution in [0.25, 0.3) is 0 Å². The normalized spacial score (nSPS) is 16.7. The average Bonchev–Trinajstić information content (AvgIpc) is 2.64. The van der Waals surface area contributed by atoms with Gasteiger partial charge in [-0.25, -0.2) is 22.8 Å². The molecule has 0 saturated heterocycles. The van der Waals surface area contributed by atoms with Crippen LogP contribution in [-0.4, -0.2) is 51.9 Å². The Labute approximate surface area is 169 Å². The fourth-order valence-electron chi connectivity index (χ4n) is 2.84. The summed E-state index contributed by atoms with van der Waals surface area (Å²) in [5.41, 5.74) is 0.925. The summed E-state index contributed by atoms with van der Waals surface area (Å²) >= 11 is 0. The van der Waals surface area contributed by atoms with E-state index in [1.165, 1.54) is 18.2 Å². The van der Waals surface area contributed by atoms with Crippen LogP contribution in [0, 0.1) is 6.92 Å². The standard InChI is InChI=1S/C19H24N2O7S/c1-5-14-16(18(23)27-6-2)15(21-19(24)20-14)10-28-17(22)13-9-12(29(4,25)26)8-7-11(13)3/h7-9,14H,5-6,10H2,1-4H3,(H2,20,21,24). The van der Waals surface area contributed by atoms with Crippen LogP contribution in [-0.2, 0) is 24.1 Å². The van der Waals surface area contributed by atoms with Crippen LogP contribution in [0.5, 0.6) is 0 Å². The molecule has 1 heterocycles. The number of amides is 2. The first-order chi connectivity index (χ1) is 13.6. The highest BCUT2D eigenvalue weighted by atomic mass is 32.2. The van der Waals surface area contributed by atoms with Gasteiger partial charge in [-0.3, -0.25) is 0 Å². The topological polar surface area (TPSA) is 128 Å². The minimum absolute atomic E-state index is 0.0114. The first kappa shape index (κ1) is 22.4. The summed E-state index contributed by atoms with van der Waals surface area (Å²) in [6.07, 6.45) is 1.48.